The molecule has 0 radical (unpaired) electrons. The molecule has 1 amide bonds. The van der Waals surface area contributed by atoms with E-state index < -0.39 is 0 Å². The number of anilines is 1. The summed E-state index contributed by atoms with van der Waals surface area (Å²) in [6, 6.07) is 5.24. The van der Waals surface area contributed by atoms with Gasteiger partial charge in [-0.1, -0.05) is 37.4 Å². The molecule has 1 fully saturated rings. The Kier molecular flexibility index (Phi) is 7.92. The number of carbonyl (C=O) groups excluding carboxylic acids is 1. The van der Waals surface area contributed by atoms with Crippen LogP contribution >= 0.6 is 0 Å². The summed E-state index contributed by atoms with van der Waals surface area (Å²) in [7, 11) is 0. The minimum Gasteiger partial charge on any atom is -0.390 e. The third kappa shape index (κ3) is 5.97. The zero-order valence-corrected chi connectivity index (χ0v) is 19.3. The molecule has 1 atom stereocenters. The van der Waals surface area contributed by atoms with Crippen LogP contribution in [0.25, 0.3) is 0 Å². The van der Waals surface area contributed by atoms with Gasteiger partial charge in [-0.05, 0) is 32.4 Å². The molecule has 172 valence electrons. The normalized spacial score (nSPS) is 19.2. The lowest BCUT2D eigenvalue weighted by Gasteiger charge is -2.39. The molecule has 0 spiro atoms. The van der Waals surface area contributed by atoms with Crippen LogP contribution in [0.1, 0.15) is 65.4 Å². The molecular formula is C24H36FN3O3. The molecule has 0 saturated carbocycles. The first-order chi connectivity index (χ1) is 14.8. The van der Waals surface area contributed by atoms with Crippen molar-refractivity contribution in [2.24, 2.45) is 5.16 Å². The van der Waals surface area contributed by atoms with Gasteiger partial charge >= 0.3 is 0 Å². The third-order valence-electron chi connectivity index (χ3n) is 6.25. The van der Waals surface area contributed by atoms with Gasteiger partial charge < -0.3 is 19.4 Å². The quantitative estimate of drug-likeness (QED) is 0.543. The second-order valence-corrected chi connectivity index (χ2v) is 9.13. The summed E-state index contributed by atoms with van der Waals surface area (Å²) in [5.74, 6) is -0.215. The summed E-state index contributed by atoms with van der Waals surface area (Å²) < 4.78 is 20.1. The van der Waals surface area contributed by atoms with Gasteiger partial charge in [0.2, 0.25) is 5.91 Å². The van der Waals surface area contributed by atoms with Crippen molar-refractivity contribution in [3.63, 3.8) is 0 Å². The van der Waals surface area contributed by atoms with Crippen LogP contribution in [0, 0.1) is 5.82 Å². The third-order valence-corrected chi connectivity index (χ3v) is 6.25. The van der Waals surface area contributed by atoms with Crippen molar-refractivity contribution in [3.05, 3.63) is 29.6 Å². The average Bonchev–Trinajstić information content (AvgIpc) is 3.21. The summed E-state index contributed by atoms with van der Waals surface area (Å²) in [6.45, 7) is 11.1. The Hall–Kier alpha value is -2.15. The number of hydrogen-bond acceptors (Lipinski definition) is 5. The lowest BCUT2D eigenvalue weighted by Crippen LogP contribution is -2.50. The van der Waals surface area contributed by atoms with Crippen LogP contribution < -0.4 is 4.90 Å². The van der Waals surface area contributed by atoms with Crippen LogP contribution in [0.4, 0.5) is 10.1 Å². The van der Waals surface area contributed by atoms with Crippen LogP contribution in [0.3, 0.4) is 0 Å². The monoisotopic (exact) mass is 433 g/mol. The summed E-state index contributed by atoms with van der Waals surface area (Å²) in [4.78, 5) is 21.9. The number of halogens is 1. The van der Waals surface area contributed by atoms with Crippen molar-refractivity contribution in [2.75, 3.05) is 37.7 Å². The highest BCUT2D eigenvalue weighted by molar-refractivity contribution is 6.01. The van der Waals surface area contributed by atoms with Crippen molar-refractivity contribution in [2.45, 2.75) is 71.4 Å². The maximum absolute atomic E-state index is 14.8. The first-order valence-electron chi connectivity index (χ1n) is 11.5. The zero-order valence-electron chi connectivity index (χ0n) is 19.3. The van der Waals surface area contributed by atoms with Gasteiger partial charge in [-0.15, -0.1) is 0 Å². The number of ether oxygens (including phenoxy) is 1. The highest BCUT2D eigenvalue weighted by Crippen LogP contribution is 2.27. The number of oxime groups is 1. The molecule has 1 aromatic rings. The summed E-state index contributed by atoms with van der Waals surface area (Å²) in [5, 5.41) is 4.22. The van der Waals surface area contributed by atoms with Gasteiger partial charge in [0.15, 0.2) is 6.10 Å². The standard InChI is InChI=1S/C24H36FN3O3/c1-5-6-7-10-24(3,4)28(18(2)29)17-20-16-22(26-31-20)19-8-9-23(21(25)15-19)27-11-13-30-14-12-27/h8-9,15,20H,5-7,10-14,16-17H2,1-4H3/t20-/m0/s1. The van der Waals surface area contributed by atoms with Crippen molar-refractivity contribution in [3.8, 4) is 0 Å². The fraction of sp³-hybridized carbons (Fsp3) is 0.667. The van der Waals surface area contributed by atoms with Gasteiger partial charge in [0.1, 0.15) is 5.82 Å². The van der Waals surface area contributed by atoms with Crippen molar-refractivity contribution < 1.29 is 18.8 Å². The Balaban J connectivity index is 1.62. The predicted molar refractivity (Wildman–Crippen MR) is 121 cm³/mol. The molecule has 1 aromatic carbocycles. The van der Waals surface area contributed by atoms with Gasteiger partial charge in [0, 0.05) is 37.5 Å². The Morgan fingerprint density at radius 2 is 2.03 bits per heavy atom. The molecule has 6 nitrogen and oxygen atoms in total. The average molecular weight is 434 g/mol. The van der Waals surface area contributed by atoms with E-state index in [9.17, 15) is 9.18 Å². The molecule has 0 aliphatic carbocycles. The molecule has 2 aliphatic rings. The number of rotatable bonds is 9. The first-order valence-corrected chi connectivity index (χ1v) is 11.5. The molecule has 31 heavy (non-hydrogen) atoms. The van der Waals surface area contributed by atoms with Crippen molar-refractivity contribution in [1.29, 1.82) is 0 Å². The fourth-order valence-corrected chi connectivity index (χ4v) is 4.39. The second kappa shape index (κ2) is 10.4. The van der Waals surface area contributed by atoms with Crippen LogP contribution in [-0.4, -0.2) is 61.0 Å². The Morgan fingerprint density at radius 3 is 2.68 bits per heavy atom. The van der Waals surface area contributed by atoms with Gasteiger partial charge in [-0.2, -0.15) is 0 Å². The van der Waals surface area contributed by atoms with E-state index >= 15 is 0 Å². The van der Waals surface area contributed by atoms with Crippen LogP contribution in [0.2, 0.25) is 0 Å². The number of unbranched alkanes of at least 4 members (excludes halogenated alkanes) is 2. The zero-order chi connectivity index (χ0) is 22.4. The minimum atomic E-state index is -0.257. The molecule has 3 rings (SSSR count). The summed E-state index contributed by atoms with van der Waals surface area (Å²) in [5.41, 5.74) is 1.82. The van der Waals surface area contributed by atoms with E-state index in [-0.39, 0.29) is 23.4 Å². The molecule has 1 saturated heterocycles. The van der Waals surface area contributed by atoms with E-state index in [4.69, 9.17) is 9.57 Å². The van der Waals surface area contributed by atoms with Crippen molar-refractivity contribution >= 4 is 17.3 Å². The van der Waals surface area contributed by atoms with Gasteiger partial charge in [-0.25, -0.2) is 4.39 Å². The van der Waals surface area contributed by atoms with Crippen LogP contribution in [-0.2, 0) is 14.4 Å². The number of carbonyl (C=O) groups is 1. The van der Waals surface area contributed by atoms with Gasteiger partial charge in [0.25, 0.3) is 0 Å². The second-order valence-electron chi connectivity index (χ2n) is 9.13. The molecule has 7 heteroatoms. The predicted octanol–water partition coefficient (Wildman–Crippen LogP) is 4.36. The number of hydrogen-bond donors (Lipinski definition) is 0. The lowest BCUT2D eigenvalue weighted by atomic mass is 9.93. The minimum absolute atomic E-state index is 0.0412. The smallest absolute Gasteiger partial charge is 0.220 e. The number of nitrogens with zero attached hydrogens (tertiary/aromatic N) is 3. The fourth-order valence-electron chi connectivity index (χ4n) is 4.39. The van der Waals surface area contributed by atoms with E-state index in [1.54, 1.807) is 6.92 Å². The van der Waals surface area contributed by atoms with Gasteiger partial charge in [0.05, 0.1) is 31.2 Å². The number of morpholine rings is 1. The number of benzene rings is 1. The molecule has 0 aromatic heterocycles. The van der Waals surface area contributed by atoms with Crippen molar-refractivity contribution in [1.82, 2.24) is 4.90 Å². The molecule has 2 aliphatic heterocycles. The maximum atomic E-state index is 14.8. The first kappa shape index (κ1) is 23.5. The Bertz CT molecular complexity index is 790. The summed E-state index contributed by atoms with van der Waals surface area (Å²) >= 11 is 0. The van der Waals surface area contributed by atoms with E-state index in [1.807, 2.05) is 21.9 Å². The lowest BCUT2D eigenvalue weighted by molar-refractivity contribution is -0.136. The summed E-state index contributed by atoms with van der Waals surface area (Å²) in [6.07, 6.45) is 4.70. The highest BCUT2D eigenvalue weighted by Gasteiger charge is 2.33. The number of amides is 1. The Labute approximate surface area is 185 Å². The van der Waals surface area contributed by atoms with Gasteiger partial charge in [-0.3, -0.25) is 4.79 Å². The molecule has 0 unspecified atom stereocenters. The van der Waals surface area contributed by atoms with Crippen LogP contribution in [0.5, 0.6) is 0 Å². The molecular weight excluding hydrogens is 397 g/mol. The van der Waals surface area contributed by atoms with E-state index in [0.29, 0.717) is 45.0 Å². The Morgan fingerprint density at radius 1 is 1.29 bits per heavy atom. The largest absolute Gasteiger partial charge is 0.390 e. The highest BCUT2D eigenvalue weighted by atomic mass is 19.1. The molecule has 0 bridgehead atoms. The topological polar surface area (TPSA) is 54.4 Å². The van der Waals surface area contributed by atoms with Crippen LogP contribution in [0.15, 0.2) is 23.4 Å². The molecule has 2 heterocycles. The van der Waals surface area contributed by atoms with E-state index in [2.05, 4.69) is 25.9 Å². The molecule has 0 N–H and O–H groups in total. The van der Waals surface area contributed by atoms with E-state index in [1.165, 1.54) is 6.07 Å². The SMILES string of the molecule is CCCCCC(C)(C)N(C[C@@H]1CC(c2ccc(N3CCOCC3)c(F)c2)=NO1)C(C)=O. The maximum Gasteiger partial charge on any atom is 0.220 e. The van der Waals surface area contributed by atoms with E-state index in [0.717, 1.165) is 37.0 Å².